The summed E-state index contributed by atoms with van der Waals surface area (Å²) in [4.78, 5) is 15.6. The van der Waals surface area contributed by atoms with Crippen LogP contribution in [0.25, 0.3) is 6.08 Å². The second-order valence-corrected chi connectivity index (χ2v) is 3.61. The summed E-state index contributed by atoms with van der Waals surface area (Å²) in [7, 11) is 0. The third-order valence-corrected chi connectivity index (χ3v) is 2.31. The first-order valence-corrected chi connectivity index (χ1v) is 5.24. The maximum Gasteiger partial charge on any atom is 0.187 e. The Balaban J connectivity index is 2.11. The molecule has 3 nitrogen and oxygen atoms in total. The molecule has 2 rings (SSSR count). The molecule has 1 aromatic carbocycles. The van der Waals surface area contributed by atoms with Crippen molar-refractivity contribution in [2.45, 2.75) is 0 Å². The first kappa shape index (κ1) is 11.1. The van der Waals surface area contributed by atoms with E-state index in [0.717, 1.165) is 5.56 Å². The number of carbonyl (C=O) groups is 1. The van der Waals surface area contributed by atoms with Gasteiger partial charge in [0.2, 0.25) is 0 Å². The molecule has 2 aromatic rings. The molecule has 0 aliphatic carbocycles. The number of nitrogens with two attached hydrogens (primary N) is 1. The third kappa shape index (κ3) is 3.01. The first-order chi connectivity index (χ1) is 8.25. The molecule has 0 fully saturated rings. The van der Waals surface area contributed by atoms with E-state index < -0.39 is 0 Å². The van der Waals surface area contributed by atoms with Crippen LogP contribution in [0.5, 0.6) is 0 Å². The number of anilines is 1. The van der Waals surface area contributed by atoms with Gasteiger partial charge in [-0.3, -0.25) is 9.78 Å². The van der Waals surface area contributed by atoms with E-state index in [4.69, 9.17) is 5.73 Å². The van der Waals surface area contributed by atoms with Gasteiger partial charge in [0.15, 0.2) is 5.78 Å². The van der Waals surface area contributed by atoms with Crippen LogP contribution in [0.1, 0.15) is 15.9 Å². The largest absolute Gasteiger partial charge is 0.399 e. The molecule has 1 heterocycles. The molecule has 0 spiro atoms. The predicted octanol–water partition coefficient (Wildman–Crippen LogP) is 2.56. The van der Waals surface area contributed by atoms with Crippen LogP contribution >= 0.6 is 0 Å². The van der Waals surface area contributed by atoms with Gasteiger partial charge in [0, 0.05) is 23.6 Å². The Hall–Kier alpha value is -2.42. The third-order valence-electron chi connectivity index (χ3n) is 2.31. The molecule has 0 bridgehead atoms. The number of allylic oxidation sites excluding steroid dienone is 1. The maximum atomic E-state index is 11.7. The highest BCUT2D eigenvalue weighted by atomic mass is 16.1. The van der Waals surface area contributed by atoms with Gasteiger partial charge < -0.3 is 5.73 Å². The molecule has 0 saturated heterocycles. The van der Waals surface area contributed by atoms with Gasteiger partial charge >= 0.3 is 0 Å². The van der Waals surface area contributed by atoms with Gasteiger partial charge in [-0.15, -0.1) is 0 Å². The highest BCUT2D eigenvalue weighted by Crippen LogP contribution is 2.08. The minimum atomic E-state index is -0.0603. The Morgan fingerprint density at radius 2 is 1.94 bits per heavy atom. The standard InChI is InChI=1S/C14H12N2O/c15-13-6-3-11(4-7-13)5-8-14(17)12-2-1-9-16-10-12/h1-10H,15H2. The molecule has 0 aliphatic rings. The van der Waals surface area contributed by atoms with Crippen LogP contribution in [-0.4, -0.2) is 10.8 Å². The lowest BCUT2D eigenvalue weighted by Crippen LogP contribution is -1.94. The second-order valence-electron chi connectivity index (χ2n) is 3.61. The quantitative estimate of drug-likeness (QED) is 0.495. The van der Waals surface area contributed by atoms with Gasteiger partial charge in [-0.1, -0.05) is 18.2 Å². The number of hydrogen-bond donors (Lipinski definition) is 1. The van der Waals surface area contributed by atoms with Gasteiger partial charge in [0.25, 0.3) is 0 Å². The fourth-order valence-corrected chi connectivity index (χ4v) is 1.38. The Kier molecular flexibility index (Phi) is 3.31. The molecule has 0 aliphatic heterocycles. The average Bonchev–Trinajstić information content (AvgIpc) is 2.39. The van der Waals surface area contributed by atoms with Gasteiger partial charge in [0.05, 0.1) is 0 Å². The van der Waals surface area contributed by atoms with Crippen molar-refractivity contribution in [3.63, 3.8) is 0 Å². The first-order valence-electron chi connectivity index (χ1n) is 5.24. The van der Waals surface area contributed by atoms with Crippen molar-refractivity contribution in [2.75, 3.05) is 5.73 Å². The number of benzene rings is 1. The summed E-state index contributed by atoms with van der Waals surface area (Å²) in [6, 6.07) is 10.8. The van der Waals surface area contributed by atoms with E-state index in [1.165, 1.54) is 6.08 Å². The minimum absolute atomic E-state index is 0.0603. The number of aromatic nitrogens is 1. The van der Waals surface area contributed by atoms with Crippen molar-refractivity contribution >= 4 is 17.5 Å². The molecular formula is C14H12N2O. The molecular weight excluding hydrogens is 212 g/mol. The van der Waals surface area contributed by atoms with E-state index in [0.29, 0.717) is 11.3 Å². The lowest BCUT2D eigenvalue weighted by atomic mass is 10.1. The van der Waals surface area contributed by atoms with Crippen LogP contribution in [0.4, 0.5) is 5.69 Å². The predicted molar refractivity (Wildman–Crippen MR) is 68.5 cm³/mol. The van der Waals surface area contributed by atoms with Gasteiger partial charge in [0.1, 0.15) is 0 Å². The van der Waals surface area contributed by atoms with Gasteiger partial charge in [-0.2, -0.15) is 0 Å². The molecule has 0 radical (unpaired) electrons. The molecule has 0 atom stereocenters. The molecule has 0 unspecified atom stereocenters. The van der Waals surface area contributed by atoms with E-state index in [9.17, 15) is 4.79 Å². The Bertz CT molecular complexity index is 530. The zero-order chi connectivity index (χ0) is 12.1. The van der Waals surface area contributed by atoms with Crippen LogP contribution in [0.15, 0.2) is 54.9 Å². The number of carbonyl (C=O) groups excluding carboxylic acids is 1. The average molecular weight is 224 g/mol. The molecule has 0 saturated carbocycles. The summed E-state index contributed by atoms with van der Waals surface area (Å²) in [5, 5.41) is 0. The molecule has 17 heavy (non-hydrogen) atoms. The SMILES string of the molecule is Nc1ccc(C=CC(=O)c2cccnc2)cc1. The number of nitrogen functional groups attached to an aromatic ring is 1. The van der Waals surface area contributed by atoms with E-state index in [2.05, 4.69) is 4.98 Å². The van der Waals surface area contributed by atoms with Gasteiger partial charge in [-0.25, -0.2) is 0 Å². The van der Waals surface area contributed by atoms with Gasteiger partial charge in [-0.05, 0) is 35.9 Å². The number of pyridine rings is 1. The Morgan fingerprint density at radius 3 is 2.59 bits per heavy atom. The lowest BCUT2D eigenvalue weighted by molar-refractivity contribution is 0.104. The Labute approximate surface area is 99.6 Å². The van der Waals surface area contributed by atoms with Crippen LogP contribution in [0.3, 0.4) is 0 Å². The number of hydrogen-bond acceptors (Lipinski definition) is 3. The van der Waals surface area contributed by atoms with Crippen molar-refractivity contribution in [3.8, 4) is 0 Å². The summed E-state index contributed by atoms with van der Waals surface area (Å²) in [6.07, 6.45) is 6.48. The minimum Gasteiger partial charge on any atom is -0.399 e. The van der Waals surface area contributed by atoms with Crippen molar-refractivity contribution in [1.82, 2.24) is 4.98 Å². The summed E-state index contributed by atoms with van der Waals surface area (Å²) in [5.41, 5.74) is 7.81. The topological polar surface area (TPSA) is 56.0 Å². The van der Waals surface area contributed by atoms with Crippen LogP contribution < -0.4 is 5.73 Å². The van der Waals surface area contributed by atoms with Crippen LogP contribution in [0.2, 0.25) is 0 Å². The van der Waals surface area contributed by atoms with Crippen molar-refractivity contribution < 1.29 is 4.79 Å². The highest BCUT2D eigenvalue weighted by molar-refractivity contribution is 6.06. The summed E-state index contributed by atoms with van der Waals surface area (Å²) in [5.74, 6) is -0.0603. The molecule has 1 aromatic heterocycles. The second kappa shape index (κ2) is 5.07. The van der Waals surface area contributed by atoms with E-state index >= 15 is 0 Å². The van der Waals surface area contributed by atoms with Crippen LogP contribution in [-0.2, 0) is 0 Å². The monoisotopic (exact) mass is 224 g/mol. The summed E-state index contributed by atoms with van der Waals surface area (Å²) >= 11 is 0. The zero-order valence-corrected chi connectivity index (χ0v) is 9.21. The normalized spacial score (nSPS) is 10.6. The summed E-state index contributed by atoms with van der Waals surface area (Å²) < 4.78 is 0. The molecule has 3 heteroatoms. The number of nitrogens with zero attached hydrogens (tertiary/aromatic N) is 1. The van der Waals surface area contributed by atoms with E-state index in [-0.39, 0.29) is 5.78 Å². The van der Waals surface area contributed by atoms with Crippen molar-refractivity contribution in [1.29, 1.82) is 0 Å². The highest BCUT2D eigenvalue weighted by Gasteiger charge is 1.99. The number of ketones is 1. The summed E-state index contributed by atoms with van der Waals surface area (Å²) in [6.45, 7) is 0. The molecule has 0 amide bonds. The smallest absolute Gasteiger partial charge is 0.187 e. The Morgan fingerprint density at radius 1 is 1.18 bits per heavy atom. The fraction of sp³-hybridized carbons (Fsp3) is 0. The molecule has 84 valence electrons. The lowest BCUT2D eigenvalue weighted by Gasteiger charge is -1.95. The number of rotatable bonds is 3. The zero-order valence-electron chi connectivity index (χ0n) is 9.21. The van der Waals surface area contributed by atoms with E-state index in [1.807, 2.05) is 12.1 Å². The molecule has 2 N–H and O–H groups in total. The van der Waals surface area contributed by atoms with Crippen LogP contribution in [0, 0.1) is 0 Å². The van der Waals surface area contributed by atoms with Crippen molar-refractivity contribution in [3.05, 3.63) is 66.0 Å². The fourth-order valence-electron chi connectivity index (χ4n) is 1.38. The van der Waals surface area contributed by atoms with E-state index in [1.54, 1.807) is 42.7 Å². The van der Waals surface area contributed by atoms with Crippen molar-refractivity contribution in [2.24, 2.45) is 0 Å². The maximum absolute atomic E-state index is 11.7.